The lowest BCUT2D eigenvalue weighted by Gasteiger charge is -2.38. The fraction of sp³-hybridized carbons (Fsp3) is 0.462. The molecule has 1 aliphatic heterocycles. The van der Waals surface area contributed by atoms with Gasteiger partial charge in [-0.2, -0.15) is 0 Å². The van der Waals surface area contributed by atoms with Crippen LogP contribution in [0.2, 0.25) is 0 Å². The number of anilines is 1. The highest BCUT2D eigenvalue weighted by molar-refractivity contribution is 7.92. The maximum atomic E-state index is 13.6. The molecule has 3 N–H and O–H groups in total. The number of rotatable bonds is 8. The number of benzene rings is 2. The van der Waals surface area contributed by atoms with Crippen LogP contribution in [0.15, 0.2) is 53.4 Å². The monoisotopic (exact) mass is 532 g/mol. The topological polar surface area (TPSA) is 128 Å². The van der Waals surface area contributed by atoms with Gasteiger partial charge >= 0.3 is 6.03 Å². The lowest BCUT2D eigenvalue weighted by atomic mass is 9.99. The Morgan fingerprint density at radius 3 is 2.49 bits per heavy atom. The van der Waals surface area contributed by atoms with Gasteiger partial charge in [-0.15, -0.1) is 0 Å². The Labute approximate surface area is 218 Å². The zero-order valence-corrected chi connectivity index (χ0v) is 22.7. The van der Waals surface area contributed by atoms with Crippen molar-refractivity contribution in [3.05, 3.63) is 54.1 Å². The minimum atomic E-state index is -3.87. The van der Waals surface area contributed by atoms with E-state index in [4.69, 9.17) is 4.74 Å². The summed E-state index contributed by atoms with van der Waals surface area (Å²) < 4.78 is 34.5. The average Bonchev–Trinajstić information content (AvgIpc) is 2.85. The molecule has 0 saturated carbocycles. The van der Waals surface area contributed by atoms with E-state index in [-0.39, 0.29) is 65.5 Å². The molecule has 0 radical (unpaired) electrons. The lowest BCUT2D eigenvalue weighted by Crippen LogP contribution is -2.51. The first kappa shape index (κ1) is 28.3. The van der Waals surface area contributed by atoms with Crippen LogP contribution in [0.5, 0.6) is 5.75 Å². The van der Waals surface area contributed by atoms with Gasteiger partial charge in [-0.3, -0.25) is 9.52 Å². The van der Waals surface area contributed by atoms with E-state index in [9.17, 15) is 23.1 Å². The van der Waals surface area contributed by atoms with Crippen LogP contribution in [0.4, 0.5) is 10.5 Å². The van der Waals surface area contributed by atoms with Gasteiger partial charge in [0.15, 0.2) is 0 Å². The summed E-state index contributed by atoms with van der Waals surface area (Å²) in [5.74, 6) is -0.276. The fourth-order valence-electron chi connectivity index (χ4n) is 4.03. The average molecular weight is 533 g/mol. The first-order valence-corrected chi connectivity index (χ1v) is 13.7. The smallest absolute Gasteiger partial charge is 0.317 e. The number of nitrogens with one attached hydrogen (secondary N) is 2. The molecule has 0 bridgehead atoms. The van der Waals surface area contributed by atoms with Gasteiger partial charge in [-0.05, 0) is 51.1 Å². The molecule has 0 aliphatic carbocycles. The number of nitrogens with zero attached hydrogens (tertiary/aromatic N) is 2. The van der Waals surface area contributed by atoms with Crippen LogP contribution in [-0.2, 0) is 10.0 Å². The Morgan fingerprint density at radius 1 is 1.19 bits per heavy atom. The van der Waals surface area contributed by atoms with Gasteiger partial charge in [0.05, 0.1) is 29.7 Å². The molecular formula is C26H36N4O6S. The summed E-state index contributed by atoms with van der Waals surface area (Å²) in [6.45, 7) is 7.72. The van der Waals surface area contributed by atoms with Crippen LogP contribution in [0.1, 0.15) is 38.1 Å². The molecule has 2 aromatic carbocycles. The second-order valence-electron chi connectivity index (χ2n) is 9.74. The van der Waals surface area contributed by atoms with Gasteiger partial charge < -0.3 is 25.0 Å². The van der Waals surface area contributed by atoms with Crippen molar-refractivity contribution in [3.63, 3.8) is 0 Å². The van der Waals surface area contributed by atoms with Gasteiger partial charge in [0.2, 0.25) is 0 Å². The predicted octanol–water partition coefficient (Wildman–Crippen LogP) is 2.76. The van der Waals surface area contributed by atoms with E-state index >= 15 is 0 Å². The Morgan fingerprint density at radius 2 is 1.86 bits per heavy atom. The van der Waals surface area contributed by atoms with Crippen molar-refractivity contribution in [3.8, 4) is 5.75 Å². The summed E-state index contributed by atoms with van der Waals surface area (Å²) in [6.07, 6.45) is -0.463. The van der Waals surface area contributed by atoms with Crippen molar-refractivity contribution in [2.45, 2.75) is 50.8 Å². The van der Waals surface area contributed by atoms with Crippen molar-refractivity contribution >= 4 is 27.6 Å². The molecule has 3 rings (SSSR count). The minimum absolute atomic E-state index is 0.0250. The molecule has 2 aromatic rings. The number of likely N-dealkylation sites (N-methyl/N-ethyl adjacent to an activating group) is 1. The highest BCUT2D eigenvalue weighted by Crippen LogP contribution is 2.31. The molecule has 0 spiro atoms. The van der Waals surface area contributed by atoms with Crippen molar-refractivity contribution in [1.82, 2.24) is 15.1 Å². The normalized spacial score (nSPS) is 18.8. The molecule has 1 heterocycles. The van der Waals surface area contributed by atoms with Crippen molar-refractivity contribution < 1.29 is 27.9 Å². The van der Waals surface area contributed by atoms with Crippen molar-refractivity contribution in [2.75, 3.05) is 31.5 Å². The van der Waals surface area contributed by atoms with Gasteiger partial charge in [-0.25, -0.2) is 13.2 Å². The Hall–Kier alpha value is -3.31. The Kier molecular flexibility index (Phi) is 9.03. The van der Waals surface area contributed by atoms with E-state index in [0.717, 1.165) is 0 Å². The zero-order valence-electron chi connectivity index (χ0n) is 21.8. The van der Waals surface area contributed by atoms with Crippen molar-refractivity contribution in [1.29, 1.82) is 0 Å². The van der Waals surface area contributed by atoms with Crippen LogP contribution < -0.4 is 14.8 Å². The van der Waals surface area contributed by atoms with Gasteiger partial charge in [0.25, 0.3) is 15.9 Å². The van der Waals surface area contributed by atoms with Crippen LogP contribution >= 0.6 is 0 Å². The number of aliphatic hydroxyl groups excluding tert-OH is 1. The molecule has 3 atom stereocenters. The number of carbonyl (C=O) groups excluding carboxylic acids is 2. The number of amides is 3. The second-order valence-corrected chi connectivity index (χ2v) is 11.4. The maximum Gasteiger partial charge on any atom is 0.317 e. The van der Waals surface area contributed by atoms with Gasteiger partial charge in [0, 0.05) is 31.2 Å². The summed E-state index contributed by atoms with van der Waals surface area (Å²) >= 11 is 0. The van der Waals surface area contributed by atoms with Crippen LogP contribution in [0.3, 0.4) is 0 Å². The molecule has 0 aromatic heterocycles. The van der Waals surface area contributed by atoms with E-state index in [2.05, 4.69) is 10.0 Å². The summed E-state index contributed by atoms with van der Waals surface area (Å²) in [6, 6.07) is 11.7. The first-order chi connectivity index (χ1) is 17.4. The Bertz CT molecular complexity index is 1200. The lowest BCUT2D eigenvalue weighted by molar-refractivity contribution is 0.0366. The number of urea groups is 1. The molecule has 0 unspecified atom stereocenters. The maximum absolute atomic E-state index is 13.6. The summed E-state index contributed by atoms with van der Waals surface area (Å²) in [5, 5.41) is 12.7. The quantitative estimate of drug-likeness (QED) is 0.480. The van der Waals surface area contributed by atoms with E-state index in [0.29, 0.717) is 0 Å². The Balaban J connectivity index is 1.96. The molecule has 11 heteroatoms. The summed E-state index contributed by atoms with van der Waals surface area (Å²) in [4.78, 5) is 29.2. The van der Waals surface area contributed by atoms with Crippen LogP contribution in [-0.4, -0.2) is 80.2 Å². The molecule has 202 valence electrons. The summed E-state index contributed by atoms with van der Waals surface area (Å²) in [7, 11) is -2.20. The summed E-state index contributed by atoms with van der Waals surface area (Å²) in [5.41, 5.74) is 0.370. The standard InChI is InChI=1S/C26H36N4O6S/c1-17(2)27-26(33)29(5)15-24-18(3)14-30(19(4)16-31)25(32)22-13-20(11-12-23(22)36-24)28-37(34,35)21-9-7-6-8-10-21/h6-13,17-19,24,28,31H,14-16H2,1-5H3,(H,27,33)/t18-,19+,24+/m1/s1. The number of aliphatic hydroxyl groups is 1. The number of hydrogen-bond donors (Lipinski definition) is 3. The van der Waals surface area contributed by atoms with E-state index < -0.39 is 22.2 Å². The largest absolute Gasteiger partial charge is 0.487 e. The molecule has 0 saturated heterocycles. The highest BCUT2D eigenvalue weighted by Gasteiger charge is 2.34. The number of ether oxygens (including phenoxy) is 1. The van der Waals surface area contributed by atoms with Crippen molar-refractivity contribution in [2.24, 2.45) is 5.92 Å². The third kappa shape index (κ3) is 6.92. The number of fused-ring (bicyclic) bond motifs is 1. The molecule has 37 heavy (non-hydrogen) atoms. The van der Waals surface area contributed by atoms with E-state index in [1.807, 2.05) is 20.8 Å². The second kappa shape index (κ2) is 11.8. The minimum Gasteiger partial charge on any atom is -0.487 e. The first-order valence-electron chi connectivity index (χ1n) is 12.2. The van der Waals surface area contributed by atoms with Gasteiger partial charge in [-0.1, -0.05) is 25.1 Å². The highest BCUT2D eigenvalue weighted by atomic mass is 32.2. The number of sulfonamides is 1. The van der Waals surface area contributed by atoms with E-state index in [1.165, 1.54) is 29.2 Å². The molecular weight excluding hydrogens is 496 g/mol. The number of carbonyl (C=O) groups is 2. The molecule has 0 fully saturated rings. The van der Waals surface area contributed by atoms with E-state index in [1.54, 1.807) is 43.1 Å². The SMILES string of the molecule is CC(C)NC(=O)N(C)C[C@@H]1Oc2ccc(NS(=O)(=O)c3ccccc3)cc2C(=O)N([C@@H](C)CO)C[C@H]1C. The predicted molar refractivity (Wildman–Crippen MR) is 141 cm³/mol. The third-order valence-electron chi connectivity index (χ3n) is 6.18. The van der Waals surface area contributed by atoms with Gasteiger partial charge in [0.1, 0.15) is 11.9 Å². The third-order valence-corrected chi connectivity index (χ3v) is 7.58. The van der Waals surface area contributed by atoms with Crippen LogP contribution in [0.25, 0.3) is 0 Å². The van der Waals surface area contributed by atoms with Crippen LogP contribution in [0, 0.1) is 5.92 Å². The molecule has 10 nitrogen and oxygen atoms in total. The zero-order chi connectivity index (χ0) is 27.3. The molecule has 3 amide bonds. The number of hydrogen-bond acceptors (Lipinski definition) is 6. The fourth-order valence-corrected chi connectivity index (χ4v) is 5.10. The molecule has 1 aliphatic rings.